The second kappa shape index (κ2) is 3.60. The molecule has 1 aliphatic heterocycles. The maximum Gasteiger partial charge on any atom is 0.409 e. The van der Waals surface area contributed by atoms with Gasteiger partial charge in [0.25, 0.3) is 0 Å². The number of nitrogens with zero attached hydrogens (tertiary/aromatic N) is 1. The number of rotatable bonds is 0. The zero-order valence-corrected chi connectivity index (χ0v) is 7.17. The number of hydrogen-bond acceptors (Lipinski definition) is 2. The molecule has 0 aliphatic carbocycles. The number of likely N-dealkylation sites (tertiary alicyclic amines) is 1. The van der Waals surface area contributed by atoms with Crippen molar-refractivity contribution in [2.75, 3.05) is 13.7 Å². The monoisotopic (exact) mass is 157 g/mol. The van der Waals surface area contributed by atoms with E-state index in [1.165, 1.54) is 13.5 Å². The van der Waals surface area contributed by atoms with E-state index in [0.717, 1.165) is 19.4 Å². The second-order valence-electron chi connectivity index (χ2n) is 3.01. The van der Waals surface area contributed by atoms with Gasteiger partial charge in [0.2, 0.25) is 0 Å². The maximum absolute atomic E-state index is 11.1. The van der Waals surface area contributed by atoms with Crippen LogP contribution < -0.4 is 0 Å². The molecule has 0 aromatic rings. The summed E-state index contributed by atoms with van der Waals surface area (Å²) < 4.78 is 4.65. The third kappa shape index (κ3) is 1.85. The molecule has 1 fully saturated rings. The lowest BCUT2D eigenvalue weighted by atomic mass is 10.0. The number of ether oxygens (including phenoxy) is 1. The lowest BCUT2D eigenvalue weighted by Crippen LogP contribution is -2.41. The van der Waals surface area contributed by atoms with Crippen LogP contribution in [0.25, 0.3) is 0 Å². The summed E-state index contributed by atoms with van der Waals surface area (Å²) in [6, 6.07) is 0.358. The summed E-state index contributed by atoms with van der Waals surface area (Å²) in [6.45, 7) is 2.92. The molecule has 0 bridgehead atoms. The summed E-state index contributed by atoms with van der Waals surface area (Å²) in [5, 5.41) is 0. The fraction of sp³-hybridized carbons (Fsp3) is 0.875. The Bertz CT molecular complexity index is 147. The number of carbonyl (C=O) groups is 1. The molecule has 1 rings (SSSR count). The lowest BCUT2D eigenvalue weighted by molar-refractivity contribution is 0.0945. The first-order chi connectivity index (χ1) is 5.25. The van der Waals surface area contributed by atoms with Crippen LogP contribution in [0.4, 0.5) is 4.79 Å². The average molecular weight is 157 g/mol. The summed E-state index contributed by atoms with van der Waals surface area (Å²) in [7, 11) is 1.43. The molecule has 0 N–H and O–H groups in total. The molecule has 0 spiro atoms. The van der Waals surface area contributed by atoms with Gasteiger partial charge in [0.1, 0.15) is 0 Å². The van der Waals surface area contributed by atoms with Gasteiger partial charge in [-0.1, -0.05) is 0 Å². The zero-order chi connectivity index (χ0) is 8.27. The third-order valence-electron chi connectivity index (χ3n) is 2.21. The van der Waals surface area contributed by atoms with Gasteiger partial charge in [-0.2, -0.15) is 0 Å². The molecule has 3 nitrogen and oxygen atoms in total. The summed E-state index contributed by atoms with van der Waals surface area (Å²) in [5.41, 5.74) is 0. The van der Waals surface area contributed by atoms with Gasteiger partial charge in [-0.3, -0.25) is 0 Å². The van der Waals surface area contributed by atoms with E-state index in [1.807, 2.05) is 0 Å². The Balaban J connectivity index is 2.47. The standard InChI is InChI=1S/C8H15NO2/c1-7-5-3-4-6-9(7)8(10)11-2/h7H,3-6H2,1-2H3/t7-/m0/s1. The van der Waals surface area contributed by atoms with Crippen LogP contribution >= 0.6 is 0 Å². The highest BCUT2D eigenvalue weighted by molar-refractivity contribution is 5.67. The Morgan fingerprint density at radius 2 is 2.27 bits per heavy atom. The number of methoxy groups -OCH3 is 1. The van der Waals surface area contributed by atoms with E-state index in [1.54, 1.807) is 4.90 Å². The van der Waals surface area contributed by atoms with Crippen LogP contribution in [-0.2, 0) is 4.74 Å². The van der Waals surface area contributed by atoms with Crippen molar-refractivity contribution >= 4 is 6.09 Å². The minimum atomic E-state index is -0.183. The summed E-state index contributed by atoms with van der Waals surface area (Å²) in [4.78, 5) is 12.9. The molecule has 1 saturated heterocycles. The van der Waals surface area contributed by atoms with Gasteiger partial charge in [-0.25, -0.2) is 4.79 Å². The van der Waals surface area contributed by atoms with Crippen LogP contribution in [0, 0.1) is 0 Å². The maximum atomic E-state index is 11.1. The van der Waals surface area contributed by atoms with Gasteiger partial charge in [-0.05, 0) is 26.2 Å². The average Bonchev–Trinajstić information content (AvgIpc) is 2.04. The van der Waals surface area contributed by atoms with E-state index in [4.69, 9.17) is 0 Å². The van der Waals surface area contributed by atoms with Gasteiger partial charge in [0, 0.05) is 12.6 Å². The molecule has 3 heteroatoms. The minimum Gasteiger partial charge on any atom is -0.453 e. The Labute approximate surface area is 67.3 Å². The van der Waals surface area contributed by atoms with Crippen LogP contribution in [0.3, 0.4) is 0 Å². The number of carbonyl (C=O) groups excluding carboxylic acids is 1. The fourth-order valence-electron chi connectivity index (χ4n) is 1.49. The molecule has 0 unspecified atom stereocenters. The molecular weight excluding hydrogens is 142 g/mol. The summed E-state index contributed by atoms with van der Waals surface area (Å²) in [5.74, 6) is 0. The molecule has 64 valence electrons. The van der Waals surface area contributed by atoms with E-state index in [0.29, 0.717) is 6.04 Å². The molecule has 0 aromatic carbocycles. The van der Waals surface area contributed by atoms with E-state index in [2.05, 4.69) is 11.7 Å². The van der Waals surface area contributed by atoms with Crippen molar-refractivity contribution in [3.05, 3.63) is 0 Å². The first-order valence-corrected chi connectivity index (χ1v) is 4.10. The predicted molar refractivity (Wildman–Crippen MR) is 42.4 cm³/mol. The normalized spacial score (nSPS) is 24.9. The topological polar surface area (TPSA) is 29.5 Å². The van der Waals surface area contributed by atoms with E-state index < -0.39 is 0 Å². The van der Waals surface area contributed by atoms with E-state index >= 15 is 0 Å². The smallest absolute Gasteiger partial charge is 0.409 e. The molecule has 1 heterocycles. The SMILES string of the molecule is COC(=O)N1CCCC[C@@H]1C. The van der Waals surface area contributed by atoms with Crippen molar-refractivity contribution in [2.24, 2.45) is 0 Å². The Morgan fingerprint density at radius 3 is 2.82 bits per heavy atom. The largest absolute Gasteiger partial charge is 0.453 e. The number of amides is 1. The van der Waals surface area contributed by atoms with Crippen LogP contribution in [0.15, 0.2) is 0 Å². The molecule has 0 radical (unpaired) electrons. The quantitative estimate of drug-likeness (QED) is 0.535. The molecular formula is C8H15NO2. The van der Waals surface area contributed by atoms with E-state index in [9.17, 15) is 4.79 Å². The highest BCUT2D eigenvalue weighted by Crippen LogP contribution is 2.16. The fourth-order valence-corrected chi connectivity index (χ4v) is 1.49. The van der Waals surface area contributed by atoms with Gasteiger partial charge >= 0.3 is 6.09 Å². The highest BCUT2D eigenvalue weighted by atomic mass is 16.5. The third-order valence-corrected chi connectivity index (χ3v) is 2.21. The summed E-state index contributed by atoms with van der Waals surface area (Å²) >= 11 is 0. The molecule has 0 saturated carbocycles. The van der Waals surface area contributed by atoms with Gasteiger partial charge in [-0.15, -0.1) is 0 Å². The number of piperidine rings is 1. The van der Waals surface area contributed by atoms with Gasteiger partial charge < -0.3 is 9.64 Å². The predicted octanol–water partition coefficient (Wildman–Crippen LogP) is 1.63. The Morgan fingerprint density at radius 1 is 1.55 bits per heavy atom. The van der Waals surface area contributed by atoms with Crippen molar-refractivity contribution in [1.29, 1.82) is 0 Å². The first kappa shape index (κ1) is 8.37. The molecule has 1 amide bonds. The Kier molecular flexibility index (Phi) is 2.74. The van der Waals surface area contributed by atoms with Crippen LogP contribution in [-0.4, -0.2) is 30.7 Å². The molecule has 1 aliphatic rings. The van der Waals surface area contributed by atoms with Crippen molar-refractivity contribution in [3.63, 3.8) is 0 Å². The van der Waals surface area contributed by atoms with Gasteiger partial charge in [0.05, 0.1) is 7.11 Å². The van der Waals surface area contributed by atoms with Crippen molar-refractivity contribution < 1.29 is 9.53 Å². The zero-order valence-electron chi connectivity index (χ0n) is 7.17. The van der Waals surface area contributed by atoms with Crippen LogP contribution in [0.1, 0.15) is 26.2 Å². The first-order valence-electron chi connectivity index (χ1n) is 4.10. The van der Waals surface area contributed by atoms with Crippen LogP contribution in [0.5, 0.6) is 0 Å². The molecule has 0 aromatic heterocycles. The minimum absolute atomic E-state index is 0.183. The van der Waals surface area contributed by atoms with Gasteiger partial charge in [0.15, 0.2) is 0 Å². The van der Waals surface area contributed by atoms with Crippen molar-refractivity contribution in [1.82, 2.24) is 4.90 Å². The van der Waals surface area contributed by atoms with E-state index in [-0.39, 0.29) is 6.09 Å². The molecule has 11 heavy (non-hydrogen) atoms. The van der Waals surface area contributed by atoms with Crippen LogP contribution in [0.2, 0.25) is 0 Å². The molecule has 1 atom stereocenters. The second-order valence-corrected chi connectivity index (χ2v) is 3.01. The lowest BCUT2D eigenvalue weighted by Gasteiger charge is -2.31. The highest BCUT2D eigenvalue weighted by Gasteiger charge is 2.23. The van der Waals surface area contributed by atoms with Crippen molar-refractivity contribution in [2.45, 2.75) is 32.2 Å². The Hall–Kier alpha value is -0.730. The number of hydrogen-bond donors (Lipinski definition) is 0. The summed E-state index contributed by atoms with van der Waals surface area (Å²) in [6.07, 6.45) is 3.26. The van der Waals surface area contributed by atoms with Crippen molar-refractivity contribution in [3.8, 4) is 0 Å².